The van der Waals surface area contributed by atoms with E-state index in [1.807, 2.05) is 45.0 Å². The molecule has 34 heavy (non-hydrogen) atoms. The van der Waals surface area contributed by atoms with Gasteiger partial charge in [-0.3, -0.25) is 9.59 Å². The van der Waals surface area contributed by atoms with Crippen LogP contribution in [-0.2, 0) is 9.59 Å². The molecule has 3 N–H and O–H groups in total. The van der Waals surface area contributed by atoms with Gasteiger partial charge in [-0.15, -0.1) is 0 Å². The number of aliphatic hydroxyl groups excluding tert-OH is 1. The molecule has 1 amide bonds. The summed E-state index contributed by atoms with van der Waals surface area (Å²) in [6.07, 6.45) is 3.51. The smallest absolute Gasteiger partial charge is 0.325 e. The van der Waals surface area contributed by atoms with Gasteiger partial charge in [-0.05, 0) is 49.9 Å². The second-order valence-electron chi connectivity index (χ2n) is 8.69. The lowest BCUT2D eigenvalue weighted by molar-refractivity contribution is -0.141. The van der Waals surface area contributed by atoms with E-state index >= 15 is 0 Å². The molecule has 2 rings (SSSR count). The van der Waals surface area contributed by atoms with Crippen LogP contribution in [0.4, 0.5) is 10.3 Å². The predicted molar refractivity (Wildman–Crippen MR) is 130 cm³/mol. The maximum Gasteiger partial charge on any atom is 0.325 e. The Labute approximate surface area is 199 Å². The van der Waals surface area contributed by atoms with Gasteiger partial charge in [-0.2, -0.15) is 0 Å². The zero-order valence-corrected chi connectivity index (χ0v) is 20.2. The summed E-state index contributed by atoms with van der Waals surface area (Å²) in [7, 11) is 3.72. The summed E-state index contributed by atoms with van der Waals surface area (Å²) in [4.78, 5) is 33.9. The number of hydrogen-bond acceptors (Lipinski definition) is 6. The first-order chi connectivity index (χ1) is 16.0. The fourth-order valence-corrected chi connectivity index (χ4v) is 3.27. The number of carboxylic acid groups (broad SMARTS) is 1. The van der Waals surface area contributed by atoms with Crippen LogP contribution in [0.3, 0.4) is 0 Å². The maximum atomic E-state index is 13.5. The van der Waals surface area contributed by atoms with Crippen molar-refractivity contribution in [2.24, 2.45) is 0 Å². The molecule has 0 saturated heterocycles. The molecule has 0 bridgehead atoms. The largest absolute Gasteiger partial charge is 0.480 e. The van der Waals surface area contributed by atoms with E-state index in [1.165, 1.54) is 19.1 Å². The monoisotopic (exact) mass is 472 g/mol. The van der Waals surface area contributed by atoms with Gasteiger partial charge in [0.25, 0.3) is 0 Å². The zero-order valence-electron chi connectivity index (χ0n) is 20.2. The fourth-order valence-electron chi connectivity index (χ4n) is 3.27. The van der Waals surface area contributed by atoms with Crippen LogP contribution in [0.2, 0.25) is 0 Å². The van der Waals surface area contributed by atoms with Gasteiger partial charge in [0.05, 0.1) is 23.9 Å². The van der Waals surface area contributed by atoms with Gasteiger partial charge in [0.1, 0.15) is 11.9 Å². The van der Waals surface area contributed by atoms with Gasteiger partial charge in [-0.25, -0.2) is 14.4 Å². The third kappa shape index (κ3) is 7.62. The second kappa shape index (κ2) is 12.2. The molecule has 184 valence electrons. The first kappa shape index (κ1) is 26.9. The number of halogens is 1. The number of carboxylic acids is 1. The molecular formula is C25H33FN4O4. The highest BCUT2D eigenvalue weighted by atomic mass is 19.1. The van der Waals surface area contributed by atoms with Crippen LogP contribution in [0, 0.1) is 5.82 Å². The lowest BCUT2D eigenvalue weighted by Gasteiger charge is -2.19. The van der Waals surface area contributed by atoms with Crippen molar-refractivity contribution in [3.05, 3.63) is 47.4 Å². The Kier molecular flexibility index (Phi) is 9.68. The van der Waals surface area contributed by atoms with Crippen molar-refractivity contribution in [2.45, 2.75) is 58.1 Å². The Morgan fingerprint density at radius 1 is 1.15 bits per heavy atom. The van der Waals surface area contributed by atoms with Crippen molar-refractivity contribution in [2.75, 3.05) is 19.0 Å². The number of allylic oxidation sites excluding steroid dienone is 1. The van der Waals surface area contributed by atoms with Gasteiger partial charge in [0.15, 0.2) is 0 Å². The van der Waals surface area contributed by atoms with Crippen molar-refractivity contribution >= 4 is 23.9 Å². The summed E-state index contributed by atoms with van der Waals surface area (Å²) in [6.45, 7) is 5.44. The molecule has 0 aliphatic carbocycles. The third-order valence-corrected chi connectivity index (χ3v) is 5.15. The van der Waals surface area contributed by atoms with Gasteiger partial charge >= 0.3 is 5.97 Å². The van der Waals surface area contributed by atoms with Crippen LogP contribution in [0.25, 0.3) is 17.3 Å². The molecule has 0 aliphatic heterocycles. The Hall–Kier alpha value is -3.33. The van der Waals surface area contributed by atoms with Gasteiger partial charge in [0, 0.05) is 25.2 Å². The van der Waals surface area contributed by atoms with E-state index in [0.717, 1.165) is 16.8 Å². The molecule has 0 spiro atoms. The number of nitrogens with one attached hydrogen (secondary N) is 1. The molecule has 2 unspecified atom stereocenters. The summed E-state index contributed by atoms with van der Waals surface area (Å²) in [5.74, 6) is -1.32. The van der Waals surface area contributed by atoms with Gasteiger partial charge < -0.3 is 20.4 Å². The van der Waals surface area contributed by atoms with E-state index in [1.54, 1.807) is 12.1 Å². The number of aromatic nitrogens is 2. The SMILES string of the molecule is CC(NC(=O)CC(O)CC/C=C/c1c(-c2ccc(F)cc2)nc(N(C)C)nc1C(C)C)C(=O)O. The molecule has 1 aromatic heterocycles. The molecular weight excluding hydrogens is 439 g/mol. The molecule has 1 heterocycles. The third-order valence-electron chi connectivity index (χ3n) is 5.15. The quantitative estimate of drug-likeness (QED) is 0.458. The van der Waals surface area contributed by atoms with E-state index in [4.69, 9.17) is 15.1 Å². The average Bonchev–Trinajstić information content (AvgIpc) is 2.76. The molecule has 0 fully saturated rings. The summed E-state index contributed by atoms with van der Waals surface area (Å²) in [6, 6.07) is 5.13. The predicted octanol–water partition coefficient (Wildman–Crippen LogP) is 3.61. The molecule has 9 heteroatoms. The van der Waals surface area contributed by atoms with Crippen LogP contribution < -0.4 is 10.2 Å². The van der Waals surface area contributed by atoms with Crippen molar-refractivity contribution in [1.82, 2.24) is 15.3 Å². The summed E-state index contributed by atoms with van der Waals surface area (Å²) < 4.78 is 13.5. The van der Waals surface area contributed by atoms with Crippen molar-refractivity contribution in [3.63, 3.8) is 0 Å². The number of rotatable bonds is 11. The lowest BCUT2D eigenvalue weighted by Crippen LogP contribution is -2.39. The van der Waals surface area contributed by atoms with Crippen molar-refractivity contribution < 1.29 is 24.2 Å². The van der Waals surface area contributed by atoms with E-state index in [9.17, 15) is 19.1 Å². The van der Waals surface area contributed by atoms with Crippen molar-refractivity contribution in [1.29, 1.82) is 0 Å². The number of aliphatic hydroxyl groups is 1. The standard InChI is InChI=1S/C25H33FN4O4/c1-15(2)22-20(9-7-6-8-19(31)14-21(32)27-16(3)24(33)34)23(29-25(28-22)30(4)5)17-10-12-18(26)13-11-17/h7,9-13,15-16,19,31H,6,8,14H2,1-5H3,(H,27,32)(H,33,34)/b9-7+. The number of nitrogens with zero attached hydrogens (tertiary/aromatic N) is 3. The number of amides is 1. The first-order valence-electron chi connectivity index (χ1n) is 11.2. The number of carbonyl (C=O) groups excluding carboxylic acids is 1. The van der Waals surface area contributed by atoms with Crippen LogP contribution in [-0.4, -0.2) is 58.3 Å². The Bertz CT molecular complexity index is 1020. The van der Waals surface area contributed by atoms with E-state index in [-0.39, 0.29) is 18.2 Å². The lowest BCUT2D eigenvalue weighted by atomic mass is 9.97. The van der Waals surface area contributed by atoms with Crippen LogP contribution >= 0.6 is 0 Å². The van der Waals surface area contributed by atoms with Crippen LogP contribution in [0.15, 0.2) is 30.3 Å². The number of aliphatic carboxylic acids is 1. The molecule has 0 saturated carbocycles. The minimum atomic E-state index is -1.13. The Balaban J connectivity index is 2.22. The number of hydrogen-bond donors (Lipinski definition) is 3. The highest BCUT2D eigenvalue weighted by Crippen LogP contribution is 2.31. The zero-order chi connectivity index (χ0) is 25.4. The molecule has 2 atom stereocenters. The summed E-state index contributed by atoms with van der Waals surface area (Å²) in [5, 5.41) is 21.3. The van der Waals surface area contributed by atoms with Crippen molar-refractivity contribution in [3.8, 4) is 11.3 Å². The average molecular weight is 473 g/mol. The molecule has 0 aliphatic rings. The van der Waals surface area contributed by atoms with E-state index in [0.29, 0.717) is 24.5 Å². The number of carbonyl (C=O) groups is 2. The van der Waals surface area contributed by atoms with E-state index in [2.05, 4.69) is 5.32 Å². The molecule has 1 aromatic carbocycles. The van der Waals surface area contributed by atoms with Gasteiger partial charge in [0.2, 0.25) is 11.9 Å². The Morgan fingerprint density at radius 2 is 1.79 bits per heavy atom. The highest BCUT2D eigenvalue weighted by molar-refractivity contribution is 5.83. The fraction of sp³-hybridized carbons (Fsp3) is 0.440. The minimum Gasteiger partial charge on any atom is -0.480 e. The van der Waals surface area contributed by atoms with Crippen LogP contribution in [0.5, 0.6) is 0 Å². The number of benzene rings is 1. The minimum absolute atomic E-state index is 0.103. The molecule has 0 radical (unpaired) electrons. The second-order valence-corrected chi connectivity index (χ2v) is 8.69. The number of anilines is 1. The van der Waals surface area contributed by atoms with E-state index < -0.39 is 24.0 Å². The van der Waals surface area contributed by atoms with Crippen LogP contribution in [0.1, 0.15) is 57.2 Å². The summed E-state index contributed by atoms with van der Waals surface area (Å²) in [5.41, 5.74) is 3.10. The maximum absolute atomic E-state index is 13.5. The summed E-state index contributed by atoms with van der Waals surface area (Å²) >= 11 is 0. The first-order valence-corrected chi connectivity index (χ1v) is 11.2. The normalized spacial score (nSPS) is 13.2. The molecule has 2 aromatic rings. The molecule has 8 nitrogen and oxygen atoms in total. The Morgan fingerprint density at radius 3 is 2.35 bits per heavy atom. The van der Waals surface area contributed by atoms with Gasteiger partial charge in [-0.1, -0.05) is 26.0 Å². The highest BCUT2D eigenvalue weighted by Gasteiger charge is 2.18. The topological polar surface area (TPSA) is 116 Å².